The Hall–Kier alpha value is 1.83. The topological polar surface area (TPSA) is 81.4 Å². The summed E-state index contributed by atoms with van der Waals surface area (Å²) in [6, 6.07) is 0. The summed E-state index contributed by atoms with van der Waals surface area (Å²) in [7, 11) is -3.64. The third-order valence-corrected chi connectivity index (χ3v) is 1.25. The van der Waals surface area contributed by atoms with Crippen LogP contribution in [-0.4, -0.2) is 74.1 Å². The van der Waals surface area contributed by atoms with Gasteiger partial charge in [-0.2, -0.15) is 8.42 Å². The second-order valence-corrected chi connectivity index (χ2v) is 2.36. The van der Waals surface area contributed by atoms with E-state index in [0.717, 1.165) is 0 Å². The van der Waals surface area contributed by atoms with Crippen molar-refractivity contribution in [1.29, 1.82) is 0 Å². The number of hydrazine groups is 1. The van der Waals surface area contributed by atoms with Crippen molar-refractivity contribution in [2.45, 2.75) is 6.92 Å². The van der Waals surface area contributed by atoms with Gasteiger partial charge in [0.25, 0.3) is 0 Å². The molecule has 0 saturated heterocycles. The van der Waals surface area contributed by atoms with E-state index < -0.39 is 10.3 Å². The van der Waals surface area contributed by atoms with Gasteiger partial charge in [0.2, 0.25) is 0 Å². The fourth-order valence-electron chi connectivity index (χ4n) is 0.189. The van der Waals surface area contributed by atoms with E-state index in [1.165, 1.54) is 4.83 Å². The van der Waals surface area contributed by atoms with Crippen molar-refractivity contribution in [2.24, 2.45) is 5.84 Å². The van der Waals surface area contributed by atoms with Gasteiger partial charge >= 0.3 is 69.4 Å². The molecule has 3 N–H and O–H groups in total. The van der Waals surface area contributed by atoms with Crippen molar-refractivity contribution >= 4 is 69.4 Å². The van der Waals surface area contributed by atoms with E-state index in [0.29, 0.717) is 0 Å². The Morgan fingerprint density at radius 1 is 1.50 bits per heavy atom. The van der Waals surface area contributed by atoms with Gasteiger partial charge in [-0.05, 0) is 6.92 Å². The van der Waals surface area contributed by atoms with Crippen LogP contribution in [0.2, 0.25) is 0 Å². The minimum atomic E-state index is -3.64. The van der Waals surface area contributed by atoms with Gasteiger partial charge in [0.1, 0.15) is 0 Å². The molecule has 10 heavy (non-hydrogen) atoms. The molecule has 0 heterocycles. The molecule has 8 heteroatoms. The number of nitrogens with one attached hydrogen (secondary N) is 1. The first kappa shape index (κ1) is 17.8. The molecule has 0 aliphatic heterocycles. The molecule has 0 unspecified atom stereocenters. The van der Waals surface area contributed by atoms with Crippen molar-refractivity contribution in [1.82, 2.24) is 4.83 Å². The quantitative estimate of drug-likeness (QED) is 0.290. The molecule has 0 aromatic rings. The molecule has 0 spiro atoms. The number of hydrogen-bond acceptors (Lipinski definition) is 4. The van der Waals surface area contributed by atoms with Crippen LogP contribution in [0.4, 0.5) is 0 Å². The van der Waals surface area contributed by atoms with Crippen LogP contribution in [0.1, 0.15) is 6.92 Å². The Balaban J connectivity index is -0.000000245. The van der Waals surface area contributed by atoms with E-state index in [2.05, 4.69) is 10.0 Å². The minimum absolute atomic E-state index is 0. The zero-order valence-electron chi connectivity index (χ0n) is 4.42. The van der Waals surface area contributed by atoms with Crippen LogP contribution in [0, 0.1) is 0 Å². The van der Waals surface area contributed by atoms with Crippen LogP contribution < -0.4 is 10.7 Å². The van der Waals surface area contributed by atoms with E-state index in [4.69, 9.17) is 0 Å². The predicted octanol–water partition coefficient (Wildman–Crippen LogP) is -2.57. The molecule has 0 aliphatic carbocycles. The molecule has 0 bridgehead atoms. The van der Waals surface area contributed by atoms with Crippen molar-refractivity contribution in [3.63, 3.8) is 0 Å². The van der Waals surface area contributed by atoms with Crippen LogP contribution in [0.3, 0.4) is 0 Å². The molecule has 0 atom stereocenters. The van der Waals surface area contributed by atoms with Crippen molar-refractivity contribution in [3.05, 3.63) is 0 Å². The summed E-state index contributed by atoms with van der Waals surface area (Å²) in [5.41, 5.74) is 0. The molecule has 0 aromatic carbocycles. The molecular weight excluding hydrogens is 178 g/mol. The fourth-order valence-corrected chi connectivity index (χ4v) is 0.568. The van der Waals surface area contributed by atoms with Crippen molar-refractivity contribution in [2.75, 3.05) is 6.61 Å². The Labute approximate surface area is 105 Å². The van der Waals surface area contributed by atoms with Gasteiger partial charge < -0.3 is 0 Å². The summed E-state index contributed by atoms with van der Waals surface area (Å²) in [6.07, 6.45) is 0. The molecule has 0 amide bonds. The predicted molar refractivity (Wildman–Crippen MR) is 42.2 cm³/mol. The van der Waals surface area contributed by atoms with Crippen LogP contribution in [0.25, 0.3) is 0 Å². The third kappa shape index (κ3) is 9.83. The van der Waals surface area contributed by atoms with Gasteiger partial charge in [-0.3, -0.25) is 10.0 Å². The van der Waals surface area contributed by atoms with E-state index in [1.807, 2.05) is 0 Å². The Morgan fingerprint density at radius 2 is 1.90 bits per heavy atom. The maximum absolute atomic E-state index is 10.1. The number of rotatable bonds is 3. The zero-order chi connectivity index (χ0) is 6.62. The third-order valence-electron chi connectivity index (χ3n) is 0.417. The molecule has 0 aliphatic rings. The fraction of sp³-hybridized carbons (Fsp3) is 1.00. The van der Waals surface area contributed by atoms with Gasteiger partial charge in [-0.25, -0.2) is 0 Å². The molecule has 0 saturated carbocycles. The van der Waals surface area contributed by atoms with E-state index in [9.17, 15) is 8.42 Å². The Bertz CT molecular complexity index is 147. The van der Waals surface area contributed by atoms with Gasteiger partial charge in [-0.15, -0.1) is 4.83 Å². The van der Waals surface area contributed by atoms with Crippen LogP contribution >= 0.6 is 0 Å². The zero-order valence-corrected chi connectivity index (χ0v) is 5.23. The van der Waals surface area contributed by atoms with Crippen molar-refractivity contribution in [3.8, 4) is 0 Å². The average molecular weight is 188 g/mol. The molecule has 0 aromatic heterocycles. The van der Waals surface area contributed by atoms with Gasteiger partial charge in [0.15, 0.2) is 0 Å². The molecule has 0 rings (SSSR count). The number of hydrogen-bond donors (Lipinski definition) is 2. The van der Waals surface area contributed by atoms with Crippen LogP contribution in [-0.2, 0) is 14.5 Å². The van der Waals surface area contributed by atoms with Crippen LogP contribution in [0.5, 0.6) is 0 Å². The van der Waals surface area contributed by atoms with Crippen LogP contribution in [0.15, 0.2) is 0 Å². The monoisotopic (exact) mass is 188 g/mol. The molecule has 0 fully saturated rings. The summed E-state index contributed by atoms with van der Waals surface area (Å²) in [5.74, 6) is 4.53. The van der Waals surface area contributed by atoms with Gasteiger partial charge in [0, 0.05) is 0 Å². The second-order valence-electron chi connectivity index (χ2n) is 0.979. The normalized spacial score (nSPS) is 9.40. The molecule has 0 radical (unpaired) electrons. The summed E-state index contributed by atoms with van der Waals surface area (Å²) in [6.45, 7) is 1.64. The second kappa shape index (κ2) is 8.92. The SMILES string of the molecule is CCOS(=O)(=O)NN.[NaH].[NaH]. The molecular formula is C2H10N2Na2O3S. The standard InChI is InChI=1S/C2H8N2O3S.2Na.2H/c1-2-7-8(5,6)4-3;;;;/h4H,2-3H2,1H3;;;;. The summed E-state index contributed by atoms with van der Waals surface area (Å²) in [5, 5.41) is 0. The summed E-state index contributed by atoms with van der Waals surface area (Å²) in [4.78, 5) is 1.49. The van der Waals surface area contributed by atoms with Crippen molar-refractivity contribution < 1.29 is 12.6 Å². The first-order valence-corrected chi connectivity index (χ1v) is 3.40. The van der Waals surface area contributed by atoms with E-state index in [1.54, 1.807) is 6.92 Å². The van der Waals surface area contributed by atoms with Gasteiger partial charge in [-0.1, -0.05) is 0 Å². The molecule has 5 nitrogen and oxygen atoms in total. The maximum atomic E-state index is 10.1. The Morgan fingerprint density at radius 3 is 2.00 bits per heavy atom. The summed E-state index contributed by atoms with van der Waals surface area (Å²) >= 11 is 0. The summed E-state index contributed by atoms with van der Waals surface area (Å²) < 4.78 is 24.4. The average Bonchev–Trinajstić information content (AvgIpc) is 1.67. The van der Waals surface area contributed by atoms with E-state index in [-0.39, 0.29) is 65.7 Å². The molecule has 54 valence electrons. The van der Waals surface area contributed by atoms with E-state index >= 15 is 0 Å². The number of nitrogens with two attached hydrogens (primary N) is 1. The Kier molecular flexibility index (Phi) is 15.9. The first-order chi connectivity index (χ1) is 3.62. The van der Waals surface area contributed by atoms with Gasteiger partial charge in [0.05, 0.1) is 6.61 Å². The first-order valence-electron chi connectivity index (χ1n) is 1.99.